The van der Waals surface area contributed by atoms with Gasteiger partial charge in [0.25, 0.3) is 10.0 Å². The first-order valence-corrected chi connectivity index (χ1v) is 6.71. The van der Waals surface area contributed by atoms with Crippen LogP contribution in [-0.4, -0.2) is 39.3 Å². The predicted octanol–water partition coefficient (Wildman–Crippen LogP) is 0.293. The Hall–Kier alpha value is -1.38. The number of carboxylic acid groups (broad SMARTS) is 1. The fraction of sp³-hybridized carbons (Fsp3) is 0.500. The molecule has 1 fully saturated rings. The Kier molecular flexibility index (Phi) is 3.18. The molecule has 0 spiro atoms. The molecule has 0 unspecified atom stereocenters. The number of carboxylic acids is 1. The lowest BCUT2D eigenvalue weighted by atomic mass is 9.89. The van der Waals surface area contributed by atoms with Crippen LogP contribution in [0.15, 0.2) is 21.6 Å². The Morgan fingerprint density at radius 2 is 2.17 bits per heavy atom. The van der Waals surface area contributed by atoms with Gasteiger partial charge in [-0.05, 0) is 12.1 Å². The molecule has 0 aromatic carbocycles. The molecule has 0 radical (unpaired) electrons. The monoisotopic (exact) mass is 275 g/mol. The second-order valence-electron chi connectivity index (χ2n) is 4.55. The van der Waals surface area contributed by atoms with Crippen LogP contribution in [-0.2, 0) is 14.8 Å². The maximum absolute atomic E-state index is 11.8. The van der Waals surface area contributed by atoms with E-state index in [1.807, 2.05) is 6.92 Å². The largest absolute Gasteiger partial charge is 0.475 e. The van der Waals surface area contributed by atoms with Crippen molar-refractivity contribution in [2.45, 2.75) is 12.0 Å². The van der Waals surface area contributed by atoms with Gasteiger partial charge in [-0.1, -0.05) is 6.92 Å². The summed E-state index contributed by atoms with van der Waals surface area (Å²) in [5.41, 5.74) is -0.213. The van der Waals surface area contributed by atoms with Crippen molar-refractivity contribution in [1.82, 2.24) is 4.72 Å². The van der Waals surface area contributed by atoms with Crippen LogP contribution in [0.3, 0.4) is 0 Å². The summed E-state index contributed by atoms with van der Waals surface area (Å²) in [6.45, 7) is 3.10. The number of hydrogen-bond donors (Lipinski definition) is 2. The molecule has 2 N–H and O–H groups in total. The van der Waals surface area contributed by atoms with Crippen LogP contribution >= 0.6 is 0 Å². The topological polar surface area (TPSA) is 106 Å². The van der Waals surface area contributed by atoms with E-state index in [1.165, 1.54) is 0 Å². The molecule has 1 saturated heterocycles. The lowest BCUT2D eigenvalue weighted by molar-refractivity contribution is -0.0966. The van der Waals surface area contributed by atoms with E-state index < -0.39 is 26.8 Å². The molecule has 7 nitrogen and oxygen atoms in total. The van der Waals surface area contributed by atoms with E-state index >= 15 is 0 Å². The molecule has 0 amide bonds. The molecular formula is C10H13NO6S. The van der Waals surface area contributed by atoms with Crippen LogP contribution in [0.1, 0.15) is 17.5 Å². The molecule has 0 saturated carbocycles. The normalized spacial score (nSPS) is 18.3. The molecule has 1 aliphatic heterocycles. The molecule has 2 heterocycles. The number of carbonyl (C=O) groups is 1. The number of ether oxygens (including phenoxy) is 1. The van der Waals surface area contributed by atoms with Gasteiger partial charge >= 0.3 is 5.97 Å². The second-order valence-corrected chi connectivity index (χ2v) is 6.25. The third-order valence-electron chi connectivity index (χ3n) is 2.65. The first kappa shape index (κ1) is 13.1. The summed E-state index contributed by atoms with van der Waals surface area (Å²) in [5, 5.41) is 8.25. The highest BCUT2D eigenvalue weighted by Crippen LogP contribution is 2.26. The molecule has 1 aliphatic rings. The molecule has 18 heavy (non-hydrogen) atoms. The second kappa shape index (κ2) is 4.38. The Balaban J connectivity index is 2.07. The smallest absolute Gasteiger partial charge is 0.371 e. The Morgan fingerprint density at radius 3 is 2.61 bits per heavy atom. The average Bonchev–Trinajstić information content (AvgIpc) is 2.73. The molecule has 2 rings (SSSR count). The lowest BCUT2D eigenvalue weighted by Crippen LogP contribution is -2.48. The summed E-state index contributed by atoms with van der Waals surface area (Å²) in [5.74, 6) is -1.72. The standard InChI is InChI=1S/C10H13NO6S/c1-10(5-16-6-10)4-11-18(14,15)8-3-2-7(17-8)9(12)13/h2-3,11H,4-6H2,1H3,(H,12,13). The van der Waals surface area contributed by atoms with E-state index in [0.717, 1.165) is 12.1 Å². The van der Waals surface area contributed by atoms with Crippen LogP contribution < -0.4 is 4.72 Å². The molecule has 8 heteroatoms. The number of aromatic carboxylic acids is 1. The van der Waals surface area contributed by atoms with Crippen molar-refractivity contribution in [3.63, 3.8) is 0 Å². The minimum atomic E-state index is -3.82. The number of furan rings is 1. The van der Waals surface area contributed by atoms with Crippen LogP contribution in [0.2, 0.25) is 0 Å². The number of sulfonamides is 1. The van der Waals surface area contributed by atoms with Gasteiger partial charge in [-0.2, -0.15) is 0 Å². The van der Waals surface area contributed by atoms with Gasteiger partial charge in [0.15, 0.2) is 0 Å². The Bertz CT molecular complexity index is 557. The van der Waals surface area contributed by atoms with E-state index in [0.29, 0.717) is 13.2 Å². The molecule has 0 aliphatic carbocycles. The van der Waals surface area contributed by atoms with Gasteiger partial charge in [0.05, 0.1) is 13.2 Å². The highest BCUT2D eigenvalue weighted by atomic mass is 32.2. The minimum absolute atomic E-state index is 0.213. The first-order valence-electron chi connectivity index (χ1n) is 5.23. The fourth-order valence-electron chi connectivity index (χ4n) is 1.47. The molecular weight excluding hydrogens is 262 g/mol. The Labute approximate surface area is 104 Å². The third-order valence-corrected chi connectivity index (χ3v) is 3.92. The minimum Gasteiger partial charge on any atom is -0.475 e. The molecule has 0 bridgehead atoms. The fourth-order valence-corrected chi connectivity index (χ4v) is 2.60. The van der Waals surface area contributed by atoms with Crippen molar-refractivity contribution in [3.05, 3.63) is 17.9 Å². The van der Waals surface area contributed by atoms with E-state index in [1.54, 1.807) is 0 Å². The van der Waals surface area contributed by atoms with Gasteiger partial charge in [0.2, 0.25) is 10.9 Å². The average molecular weight is 275 g/mol. The molecule has 1 aromatic heterocycles. The van der Waals surface area contributed by atoms with Crippen molar-refractivity contribution in [2.75, 3.05) is 19.8 Å². The van der Waals surface area contributed by atoms with Gasteiger partial charge in [0.1, 0.15) is 0 Å². The maximum atomic E-state index is 11.8. The summed E-state index contributed by atoms with van der Waals surface area (Å²) >= 11 is 0. The number of nitrogens with one attached hydrogen (secondary N) is 1. The number of hydrogen-bond acceptors (Lipinski definition) is 5. The Morgan fingerprint density at radius 1 is 1.50 bits per heavy atom. The lowest BCUT2D eigenvalue weighted by Gasteiger charge is -2.37. The third kappa shape index (κ3) is 2.55. The van der Waals surface area contributed by atoms with Gasteiger partial charge in [-0.3, -0.25) is 0 Å². The van der Waals surface area contributed by atoms with Gasteiger partial charge in [0, 0.05) is 12.0 Å². The highest BCUT2D eigenvalue weighted by Gasteiger charge is 2.35. The highest BCUT2D eigenvalue weighted by molar-refractivity contribution is 7.89. The zero-order valence-corrected chi connectivity index (χ0v) is 10.5. The quantitative estimate of drug-likeness (QED) is 0.800. The van der Waals surface area contributed by atoms with E-state index in [2.05, 4.69) is 4.72 Å². The summed E-state index contributed by atoms with van der Waals surface area (Å²) < 4.78 is 35.8. The molecule has 1 aromatic rings. The van der Waals surface area contributed by atoms with Crippen LogP contribution in [0, 0.1) is 5.41 Å². The number of rotatable bonds is 5. The van der Waals surface area contributed by atoms with E-state index in [9.17, 15) is 13.2 Å². The predicted molar refractivity (Wildman–Crippen MR) is 59.8 cm³/mol. The summed E-state index contributed by atoms with van der Waals surface area (Å²) in [7, 11) is -3.82. The maximum Gasteiger partial charge on any atom is 0.371 e. The first-order chi connectivity index (χ1) is 8.32. The summed E-state index contributed by atoms with van der Waals surface area (Å²) in [6, 6.07) is 2.22. The van der Waals surface area contributed by atoms with Crippen molar-refractivity contribution < 1.29 is 27.5 Å². The zero-order valence-electron chi connectivity index (χ0n) is 9.67. The van der Waals surface area contributed by atoms with Crippen LogP contribution in [0.4, 0.5) is 0 Å². The van der Waals surface area contributed by atoms with E-state index in [4.69, 9.17) is 14.3 Å². The van der Waals surface area contributed by atoms with Gasteiger partial charge in [-0.25, -0.2) is 17.9 Å². The van der Waals surface area contributed by atoms with Crippen molar-refractivity contribution in [3.8, 4) is 0 Å². The zero-order chi connectivity index (χ0) is 13.4. The van der Waals surface area contributed by atoms with E-state index in [-0.39, 0.29) is 12.0 Å². The molecule has 0 atom stereocenters. The van der Waals surface area contributed by atoms with Gasteiger partial charge in [-0.15, -0.1) is 0 Å². The SMILES string of the molecule is CC1(CNS(=O)(=O)c2ccc(C(=O)O)o2)COC1. The summed E-state index contributed by atoms with van der Waals surface area (Å²) in [4.78, 5) is 10.6. The van der Waals surface area contributed by atoms with Gasteiger partial charge < -0.3 is 14.3 Å². The van der Waals surface area contributed by atoms with Crippen LogP contribution in [0.5, 0.6) is 0 Å². The van der Waals surface area contributed by atoms with Crippen LogP contribution in [0.25, 0.3) is 0 Å². The van der Waals surface area contributed by atoms with Crippen molar-refractivity contribution in [2.24, 2.45) is 5.41 Å². The summed E-state index contributed by atoms with van der Waals surface area (Å²) in [6.07, 6.45) is 0. The molecule has 100 valence electrons. The van der Waals surface area contributed by atoms with Crippen molar-refractivity contribution >= 4 is 16.0 Å². The van der Waals surface area contributed by atoms with Crippen molar-refractivity contribution in [1.29, 1.82) is 0 Å².